The van der Waals surface area contributed by atoms with E-state index >= 15 is 0 Å². The first-order valence-electron chi connectivity index (χ1n) is 7.55. The molecule has 0 aliphatic carbocycles. The number of thioether (sulfide) groups is 1. The maximum absolute atomic E-state index is 6.55. The number of para-hydroxylation sites is 2. The van der Waals surface area contributed by atoms with Gasteiger partial charge in [-0.15, -0.1) is 0 Å². The van der Waals surface area contributed by atoms with Crippen LogP contribution < -0.4 is 4.74 Å². The molecule has 0 amide bonds. The second-order valence-electron chi connectivity index (χ2n) is 6.77. The number of hydrogen-bond acceptors (Lipinski definition) is 2. The predicted octanol–water partition coefficient (Wildman–Crippen LogP) is 5.55. The van der Waals surface area contributed by atoms with Gasteiger partial charge in [-0.05, 0) is 18.2 Å². The van der Waals surface area contributed by atoms with Gasteiger partial charge in [0.25, 0.3) is 0 Å². The summed E-state index contributed by atoms with van der Waals surface area (Å²) in [6, 6.07) is 16.7. The van der Waals surface area contributed by atoms with Crippen molar-refractivity contribution in [1.82, 2.24) is 4.98 Å². The highest BCUT2D eigenvalue weighted by Crippen LogP contribution is 2.61. The average molecular weight is 309 g/mol. The molecule has 2 heterocycles. The van der Waals surface area contributed by atoms with E-state index in [9.17, 15) is 0 Å². The fourth-order valence-electron chi connectivity index (χ4n) is 3.11. The van der Waals surface area contributed by atoms with Crippen LogP contribution in [-0.2, 0) is 4.93 Å². The van der Waals surface area contributed by atoms with Gasteiger partial charge in [0, 0.05) is 28.1 Å². The minimum absolute atomic E-state index is 0.0539. The maximum atomic E-state index is 6.55. The van der Waals surface area contributed by atoms with Gasteiger partial charge < -0.3 is 9.72 Å². The lowest BCUT2D eigenvalue weighted by molar-refractivity contribution is 0.0575. The third-order valence-corrected chi connectivity index (χ3v) is 6.05. The van der Waals surface area contributed by atoms with Crippen LogP contribution in [0, 0.1) is 5.41 Å². The lowest BCUT2D eigenvalue weighted by Gasteiger charge is -2.39. The molecule has 0 spiro atoms. The summed E-state index contributed by atoms with van der Waals surface area (Å²) in [5.41, 5.74) is 2.32. The monoisotopic (exact) mass is 309 g/mol. The second-order valence-corrected chi connectivity index (χ2v) is 7.98. The van der Waals surface area contributed by atoms with Crippen molar-refractivity contribution >= 4 is 22.7 Å². The predicted molar refractivity (Wildman–Crippen MR) is 92.4 cm³/mol. The molecule has 4 rings (SSSR count). The number of aromatic nitrogens is 1. The van der Waals surface area contributed by atoms with Crippen molar-refractivity contribution in [1.29, 1.82) is 0 Å². The smallest absolute Gasteiger partial charge is 0.191 e. The molecule has 1 aromatic heterocycles. The van der Waals surface area contributed by atoms with E-state index in [2.05, 4.69) is 74.4 Å². The van der Waals surface area contributed by atoms with Crippen LogP contribution in [0.4, 0.5) is 0 Å². The normalized spacial score (nSPS) is 20.9. The largest absolute Gasteiger partial charge is 0.470 e. The Hall–Kier alpha value is -1.87. The quantitative estimate of drug-likeness (QED) is 0.637. The van der Waals surface area contributed by atoms with E-state index in [0.717, 1.165) is 11.3 Å². The molecule has 2 nitrogen and oxygen atoms in total. The van der Waals surface area contributed by atoms with Gasteiger partial charge in [0.05, 0.1) is 4.90 Å². The highest BCUT2D eigenvalue weighted by atomic mass is 32.2. The highest BCUT2D eigenvalue weighted by molar-refractivity contribution is 8.00. The summed E-state index contributed by atoms with van der Waals surface area (Å²) < 4.78 is 6.55. The first-order chi connectivity index (χ1) is 10.5. The fraction of sp³-hybridized carbons (Fsp3) is 0.263. The molecule has 0 radical (unpaired) electrons. The van der Waals surface area contributed by atoms with Crippen molar-refractivity contribution in [3.63, 3.8) is 0 Å². The van der Waals surface area contributed by atoms with Gasteiger partial charge in [0.1, 0.15) is 5.75 Å². The number of ether oxygens (including phenoxy) is 1. The van der Waals surface area contributed by atoms with Gasteiger partial charge >= 0.3 is 0 Å². The molecule has 1 aliphatic heterocycles. The van der Waals surface area contributed by atoms with E-state index in [1.165, 1.54) is 15.8 Å². The van der Waals surface area contributed by atoms with Crippen LogP contribution in [-0.4, -0.2) is 4.98 Å². The van der Waals surface area contributed by atoms with E-state index in [1.807, 2.05) is 17.8 Å². The SMILES string of the molecule is CC(C)(C)C1(c2c[nH]c3ccccc23)Oc2ccccc2S1. The summed E-state index contributed by atoms with van der Waals surface area (Å²) in [6.07, 6.45) is 2.11. The highest BCUT2D eigenvalue weighted by Gasteiger charge is 2.52. The molecule has 3 aromatic rings. The van der Waals surface area contributed by atoms with Crippen LogP contribution in [0.15, 0.2) is 59.6 Å². The Balaban J connectivity index is 1.95. The molecular formula is C19H19NOS. The van der Waals surface area contributed by atoms with Crippen LogP contribution in [0.5, 0.6) is 5.75 Å². The molecule has 0 saturated heterocycles. The van der Waals surface area contributed by atoms with E-state index < -0.39 is 4.93 Å². The molecule has 1 atom stereocenters. The first kappa shape index (κ1) is 13.8. The van der Waals surface area contributed by atoms with E-state index in [4.69, 9.17) is 4.74 Å². The third-order valence-electron chi connectivity index (χ3n) is 4.29. The molecule has 22 heavy (non-hydrogen) atoms. The number of nitrogens with one attached hydrogen (secondary N) is 1. The summed E-state index contributed by atoms with van der Waals surface area (Å²) >= 11 is 1.82. The van der Waals surface area contributed by atoms with Gasteiger partial charge in [0.15, 0.2) is 4.93 Å². The first-order valence-corrected chi connectivity index (χ1v) is 8.37. The summed E-state index contributed by atoms with van der Waals surface area (Å²) in [5, 5.41) is 1.23. The topological polar surface area (TPSA) is 25.0 Å². The zero-order valence-electron chi connectivity index (χ0n) is 13.0. The number of benzene rings is 2. The second kappa shape index (κ2) is 4.56. The zero-order chi connectivity index (χ0) is 15.4. The number of aromatic amines is 1. The van der Waals surface area contributed by atoms with Crippen molar-refractivity contribution in [2.45, 2.75) is 30.6 Å². The van der Waals surface area contributed by atoms with Gasteiger partial charge in [-0.3, -0.25) is 0 Å². The van der Waals surface area contributed by atoms with Gasteiger partial charge in [-0.25, -0.2) is 0 Å². The Bertz CT molecular complexity index is 819. The Morgan fingerprint density at radius 1 is 1.00 bits per heavy atom. The van der Waals surface area contributed by atoms with Crippen molar-refractivity contribution in [2.24, 2.45) is 5.41 Å². The lowest BCUT2D eigenvalue weighted by atomic mass is 9.83. The molecular weight excluding hydrogens is 290 g/mol. The van der Waals surface area contributed by atoms with Crippen LogP contribution in [0.1, 0.15) is 26.3 Å². The lowest BCUT2D eigenvalue weighted by Crippen LogP contribution is -2.40. The molecule has 0 fully saturated rings. The van der Waals surface area contributed by atoms with Crippen molar-refractivity contribution < 1.29 is 4.74 Å². The Labute approximate surface area is 134 Å². The van der Waals surface area contributed by atoms with E-state index in [-0.39, 0.29) is 5.41 Å². The fourth-order valence-corrected chi connectivity index (χ4v) is 4.50. The Kier molecular flexibility index (Phi) is 2.85. The minimum Gasteiger partial charge on any atom is -0.470 e. The standard InChI is InChI=1S/C19H19NOS/c1-18(2,3)19(21-16-10-6-7-11-17(16)22-19)14-12-20-15-9-5-4-8-13(14)15/h4-12,20H,1-3H3. The van der Waals surface area contributed by atoms with Crippen LogP contribution >= 0.6 is 11.8 Å². The number of hydrogen-bond donors (Lipinski definition) is 1. The summed E-state index contributed by atoms with van der Waals surface area (Å²) in [6.45, 7) is 6.73. The van der Waals surface area contributed by atoms with Gasteiger partial charge in [-0.2, -0.15) is 0 Å². The average Bonchev–Trinajstić information content (AvgIpc) is 3.08. The molecule has 1 N–H and O–H groups in total. The Morgan fingerprint density at radius 2 is 1.73 bits per heavy atom. The summed E-state index contributed by atoms with van der Waals surface area (Å²) in [4.78, 5) is 4.19. The van der Waals surface area contributed by atoms with E-state index in [1.54, 1.807) is 0 Å². The van der Waals surface area contributed by atoms with Crippen molar-refractivity contribution in [3.05, 3.63) is 60.3 Å². The molecule has 3 heteroatoms. The third kappa shape index (κ3) is 1.82. The van der Waals surface area contributed by atoms with Crippen molar-refractivity contribution in [3.8, 4) is 5.75 Å². The van der Waals surface area contributed by atoms with Crippen LogP contribution in [0.2, 0.25) is 0 Å². The van der Waals surface area contributed by atoms with Crippen molar-refractivity contribution in [2.75, 3.05) is 0 Å². The zero-order valence-corrected chi connectivity index (χ0v) is 13.8. The molecule has 2 aromatic carbocycles. The van der Waals surface area contributed by atoms with E-state index in [0.29, 0.717) is 0 Å². The molecule has 112 valence electrons. The Morgan fingerprint density at radius 3 is 2.50 bits per heavy atom. The summed E-state index contributed by atoms with van der Waals surface area (Å²) in [5.74, 6) is 0.979. The molecule has 0 saturated carbocycles. The molecule has 1 aliphatic rings. The molecule has 0 bridgehead atoms. The number of H-pyrrole nitrogens is 1. The summed E-state index contributed by atoms with van der Waals surface area (Å²) in [7, 11) is 0. The van der Waals surface area contributed by atoms with Crippen LogP contribution in [0.3, 0.4) is 0 Å². The van der Waals surface area contributed by atoms with Crippen LogP contribution in [0.25, 0.3) is 10.9 Å². The molecule has 1 unspecified atom stereocenters. The van der Waals surface area contributed by atoms with Gasteiger partial charge in [0.2, 0.25) is 0 Å². The van der Waals surface area contributed by atoms with Gasteiger partial charge in [-0.1, -0.05) is 62.9 Å². The minimum atomic E-state index is -0.420. The maximum Gasteiger partial charge on any atom is 0.191 e. The number of rotatable bonds is 1. The number of fused-ring (bicyclic) bond motifs is 2.